The van der Waals surface area contributed by atoms with Gasteiger partial charge in [-0.05, 0) is 63.7 Å². The molecule has 3 aliphatic rings. The first-order valence-electron chi connectivity index (χ1n) is 7.72. The van der Waals surface area contributed by atoms with E-state index in [9.17, 15) is 0 Å². The summed E-state index contributed by atoms with van der Waals surface area (Å²) in [5.41, 5.74) is 21.8. The number of nitrogen functional groups attached to an aromatic ring is 2. The molecule has 3 aromatic rings. The molecule has 0 heterocycles. The van der Waals surface area contributed by atoms with Crippen LogP contribution in [-0.4, -0.2) is 0 Å². The number of benzene rings is 3. The molecule has 2 unspecified atom stereocenters. The largest absolute Gasteiger partial charge is 0.399 e. The van der Waals surface area contributed by atoms with Crippen LogP contribution in [0.1, 0.15) is 45.2 Å². The van der Waals surface area contributed by atoms with Gasteiger partial charge in [0.05, 0.1) is 0 Å². The predicted molar refractivity (Wildman–Crippen MR) is 95.1 cm³/mol. The molecule has 2 atom stereocenters. The van der Waals surface area contributed by atoms with Gasteiger partial charge >= 0.3 is 0 Å². The van der Waals surface area contributed by atoms with Crippen molar-refractivity contribution in [2.45, 2.75) is 11.8 Å². The van der Waals surface area contributed by atoms with Crippen molar-refractivity contribution in [3.8, 4) is 0 Å². The molecule has 23 heavy (non-hydrogen) atoms. The van der Waals surface area contributed by atoms with Crippen molar-refractivity contribution in [3.05, 3.63) is 93.0 Å². The highest BCUT2D eigenvalue weighted by Crippen LogP contribution is 2.57. The van der Waals surface area contributed by atoms with Gasteiger partial charge in [0.2, 0.25) is 0 Å². The van der Waals surface area contributed by atoms with Gasteiger partial charge in [0.1, 0.15) is 0 Å². The second-order valence-corrected chi connectivity index (χ2v) is 6.81. The molecule has 2 bridgehead atoms. The maximum Gasteiger partial charge on any atom is 0.0409 e. The molecular weight excluding hydrogens is 304 g/mol. The minimum atomic E-state index is 0.139. The molecule has 0 saturated carbocycles. The average molecular weight is 319 g/mol. The molecule has 0 saturated heterocycles. The first-order chi connectivity index (χ1) is 11.1. The van der Waals surface area contributed by atoms with Gasteiger partial charge in [0.25, 0.3) is 0 Å². The number of anilines is 2. The van der Waals surface area contributed by atoms with E-state index >= 15 is 0 Å². The van der Waals surface area contributed by atoms with Crippen LogP contribution < -0.4 is 11.5 Å². The van der Waals surface area contributed by atoms with E-state index in [2.05, 4.69) is 30.3 Å². The van der Waals surface area contributed by atoms with Crippen LogP contribution in [0, 0.1) is 0 Å². The zero-order chi connectivity index (χ0) is 15.7. The Morgan fingerprint density at radius 3 is 2.30 bits per heavy atom. The maximum atomic E-state index is 6.35. The maximum absolute atomic E-state index is 6.35. The molecule has 2 nitrogen and oxygen atoms in total. The number of nitrogens with two attached hydrogens (primary N) is 2. The van der Waals surface area contributed by atoms with Crippen LogP contribution in [-0.2, 0) is 0 Å². The van der Waals surface area contributed by atoms with Crippen LogP contribution in [0.5, 0.6) is 0 Å². The van der Waals surface area contributed by atoms with Gasteiger partial charge in [-0.3, -0.25) is 0 Å². The molecule has 0 spiro atoms. The summed E-state index contributed by atoms with van der Waals surface area (Å²) in [5, 5.41) is 0.768. The summed E-state index contributed by atoms with van der Waals surface area (Å²) in [6.45, 7) is 0. The summed E-state index contributed by atoms with van der Waals surface area (Å²) in [6.07, 6.45) is 0. The molecule has 0 radical (unpaired) electrons. The topological polar surface area (TPSA) is 52.0 Å². The number of halogens is 1. The smallest absolute Gasteiger partial charge is 0.0409 e. The van der Waals surface area contributed by atoms with Crippen LogP contribution in [0.2, 0.25) is 5.02 Å². The van der Waals surface area contributed by atoms with Crippen molar-refractivity contribution in [3.63, 3.8) is 0 Å². The quantitative estimate of drug-likeness (QED) is 0.413. The fraction of sp³-hybridized carbons (Fsp3) is 0.100. The van der Waals surface area contributed by atoms with Gasteiger partial charge in [-0.1, -0.05) is 35.9 Å². The predicted octanol–water partition coefficient (Wildman–Crippen LogP) is 4.49. The Hall–Kier alpha value is -2.45. The molecule has 0 amide bonds. The van der Waals surface area contributed by atoms with Crippen molar-refractivity contribution in [2.24, 2.45) is 0 Å². The van der Waals surface area contributed by atoms with Crippen molar-refractivity contribution in [2.75, 3.05) is 11.5 Å². The van der Waals surface area contributed by atoms with Crippen molar-refractivity contribution in [1.82, 2.24) is 0 Å². The van der Waals surface area contributed by atoms with Crippen LogP contribution in [0.15, 0.2) is 54.6 Å². The second-order valence-electron chi connectivity index (χ2n) is 6.38. The van der Waals surface area contributed by atoms with Crippen LogP contribution >= 0.6 is 11.6 Å². The monoisotopic (exact) mass is 318 g/mol. The number of hydrogen-bond donors (Lipinski definition) is 2. The molecule has 3 heteroatoms. The minimum Gasteiger partial charge on any atom is -0.399 e. The Kier molecular flexibility index (Phi) is 2.44. The Balaban J connectivity index is 1.92. The van der Waals surface area contributed by atoms with Crippen LogP contribution in [0.3, 0.4) is 0 Å². The Morgan fingerprint density at radius 2 is 1.43 bits per heavy atom. The SMILES string of the molecule is Nc1ccc2c(c1)C1c3ccc(Cl)cc3C2c2c(N)cccc21. The van der Waals surface area contributed by atoms with E-state index in [1.165, 1.54) is 33.4 Å². The highest BCUT2D eigenvalue weighted by molar-refractivity contribution is 6.30. The summed E-state index contributed by atoms with van der Waals surface area (Å²) in [7, 11) is 0. The van der Waals surface area contributed by atoms with E-state index < -0.39 is 0 Å². The summed E-state index contributed by atoms with van der Waals surface area (Å²) in [6, 6.07) is 18.6. The number of hydrogen-bond acceptors (Lipinski definition) is 2. The summed E-state index contributed by atoms with van der Waals surface area (Å²) in [5.74, 6) is 0.324. The molecular formula is C20H15ClN2. The third-order valence-electron chi connectivity index (χ3n) is 5.18. The van der Waals surface area contributed by atoms with Gasteiger partial charge in [0.15, 0.2) is 0 Å². The molecule has 112 valence electrons. The fourth-order valence-corrected chi connectivity index (χ4v) is 4.51. The lowest BCUT2D eigenvalue weighted by molar-refractivity contribution is 0.757. The second kappa shape index (κ2) is 4.30. The lowest BCUT2D eigenvalue weighted by Crippen LogP contribution is -2.28. The van der Waals surface area contributed by atoms with Crippen molar-refractivity contribution < 1.29 is 0 Å². The Labute approximate surface area is 139 Å². The van der Waals surface area contributed by atoms with Crippen molar-refractivity contribution >= 4 is 23.0 Å². The zero-order valence-corrected chi connectivity index (χ0v) is 13.1. The standard InChI is InChI=1S/C20H15ClN2/c21-10-4-6-12-15(8-10)19-13-7-5-11(22)9-16(13)18(12)14-2-1-3-17(23)20(14)19/h1-9,18-19H,22-23H2. The zero-order valence-electron chi connectivity index (χ0n) is 12.4. The van der Waals surface area contributed by atoms with Crippen molar-refractivity contribution in [1.29, 1.82) is 0 Å². The third-order valence-corrected chi connectivity index (χ3v) is 5.41. The van der Waals surface area contributed by atoms with Crippen LogP contribution in [0.4, 0.5) is 11.4 Å². The van der Waals surface area contributed by atoms with E-state index in [0.717, 1.165) is 16.4 Å². The molecule has 6 rings (SSSR count). The van der Waals surface area contributed by atoms with E-state index in [0.29, 0.717) is 0 Å². The molecule has 0 aliphatic heterocycles. The highest BCUT2D eigenvalue weighted by Gasteiger charge is 2.42. The van der Waals surface area contributed by atoms with E-state index in [-0.39, 0.29) is 11.8 Å². The normalized spacial score (nSPS) is 19.9. The fourth-order valence-electron chi connectivity index (χ4n) is 4.33. The molecule has 0 fully saturated rings. The lowest BCUT2D eigenvalue weighted by atomic mass is 9.61. The van der Waals surface area contributed by atoms with E-state index in [1.807, 2.05) is 24.3 Å². The van der Waals surface area contributed by atoms with Gasteiger partial charge in [-0.15, -0.1) is 0 Å². The minimum absolute atomic E-state index is 0.139. The highest BCUT2D eigenvalue weighted by atomic mass is 35.5. The van der Waals surface area contributed by atoms with Gasteiger partial charge in [-0.2, -0.15) is 0 Å². The Morgan fingerprint density at radius 1 is 0.696 bits per heavy atom. The first-order valence-corrected chi connectivity index (χ1v) is 8.10. The molecule has 4 N–H and O–H groups in total. The van der Waals surface area contributed by atoms with Gasteiger partial charge < -0.3 is 11.5 Å². The summed E-state index contributed by atoms with van der Waals surface area (Å²) in [4.78, 5) is 0. The lowest BCUT2D eigenvalue weighted by Gasteiger charge is -2.42. The first kappa shape index (κ1) is 13.0. The summed E-state index contributed by atoms with van der Waals surface area (Å²) >= 11 is 6.28. The third kappa shape index (κ3) is 1.59. The average Bonchev–Trinajstić information content (AvgIpc) is 2.54. The van der Waals surface area contributed by atoms with Gasteiger partial charge in [0, 0.05) is 28.2 Å². The Bertz CT molecular complexity index is 975. The molecule has 0 aromatic heterocycles. The summed E-state index contributed by atoms with van der Waals surface area (Å²) < 4.78 is 0. The number of rotatable bonds is 0. The molecule has 3 aromatic carbocycles. The van der Waals surface area contributed by atoms with Crippen LogP contribution in [0.25, 0.3) is 0 Å². The molecule has 3 aliphatic carbocycles. The van der Waals surface area contributed by atoms with Gasteiger partial charge in [-0.25, -0.2) is 0 Å². The van der Waals surface area contributed by atoms with E-state index in [1.54, 1.807) is 0 Å². The van der Waals surface area contributed by atoms with E-state index in [4.69, 9.17) is 23.1 Å².